The number of rotatable bonds is 8. The first-order valence-electron chi connectivity index (χ1n) is 13.8. The van der Waals surface area contributed by atoms with Gasteiger partial charge in [-0.3, -0.25) is 9.59 Å². The SMILES string of the molecule is O=C(NCCO)C1=CC(Oc2ccccc2I)C(O)C(N(C(=O)c2ccc(C(F)(F)F)cc2)C2CCCCCC2)C1. The topological polar surface area (TPSA) is 99.1 Å². The van der Waals surface area contributed by atoms with Gasteiger partial charge in [0.1, 0.15) is 18.0 Å². The molecule has 222 valence electrons. The number of nitrogens with one attached hydrogen (secondary N) is 1. The van der Waals surface area contributed by atoms with Gasteiger partial charge in [0.15, 0.2) is 0 Å². The van der Waals surface area contributed by atoms with Crippen LogP contribution in [0.25, 0.3) is 0 Å². The molecule has 0 aliphatic heterocycles. The first kappa shape index (κ1) is 31.3. The van der Waals surface area contributed by atoms with Crippen LogP contribution in [0.4, 0.5) is 13.2 Å². The minimum absolute atomic E-state index is 0.0209. The fourth-order valence-corrected chi connectivity index (χ4v) is 6.02. The highest BCUT2D eigenvalue weighted by atomic mass is 127. The maximum atomic E-state index is 14.1. The van der Waals surface area contributed by atoms with Gasteiger partial charge in [-0.05, 0) is 77.9 Å². The Labute approximate surface area is 250 Å². The van der Waals surface area contributed by atoms with Gasteiger partial charge in [0.2, 0.25) is 5.91 Å². The third kappa shape index (κ3) is 7.81. The van der Waals surface area contributed by atoms with Crippen LogP contribution in [-0.2, 0) is 11.0 Å². The van der Waals surface area contributed by atoms with Crippen molar-refractivity contribution >= 4 is 34.4 Å². The number of carbonyl (C=O) groups is 2. The largest absolute Gasteiger partial charge is 0.482 e. The summed E-state index contributed by atoms with van der Waals surface area (Å²) in [5.74, 6) is -0.450. The Bertz CT molecular complexity index is 1230. The quantitative estimate of drug-likeness (QED) is 0.266. The van der Waals surface area contributed by atoms with Crippen LogP contribution in [0.15, 0.2) is 60.2 Å². The van der Waals surface area contributed by atoms with E-state index in [0.29, 0.717) is 24.2 Å². The Morgan fingerprint density at radius 1 is 1.02 bits per heavy atom. The van der Waals surface area contributed by atoms with Gasteiger partial charge in [-0.15, -0.1) is 0 Å². The third-order valence-electron chi connectivity index (χ3n) is 7.58. The summed E-state index contributed by atoms with van der Waals surface area (Å²) in [6.45, 7) is -0.226. The summed E-state index contributed by atoms with van der Waals surface area (Å²) in [4.78, 5) is 28.7. The third-order valence-corrected chi connectivity index (χ3v) is 8.47. The number of nitrogens with zero attached hydrogens (tertiary/aromatic N) is 1. The summed E-state index contributed by atoms with van der Waals surface area (Å²) in [6.07, 6.45) is -0.0896. The molecule has 4 rings (SSSR count). The van der Waals surface area contributed by atoms with Crippen LogP contribution in [-0.4, -0.2) is 64.4 Å². The number of carbonyl (C=O) groups excluding carboxylic acids is 2. The van der Waals surface area contributed by atoms with Crippen LogP contribution in [0, 0.1) is 3.57 Å². The van der Waals surface area contributed by atoms with Gasteiger partial charge < -0.3 is 25.2 Å². The molecular weight excluding hydrogens is 652 g/mol. The first-order valence-corrected chi connectivity index (χ1v) is 14.9. The standard InChI is InChI=1S/C30H34F3IN2O5/c31-30(32,33)21-13-11-19(12-14-21)29(40)36(22-7-3-1-2-4-8-22)24-17-20(28(39)35-15-16-37)18-26(27(24)38)41-25-10-6-5-9-23(25)34/h5-6,9-14,18,22,24,26-27,37-38H,1-4,7-8,15-17H2,(H,35,39). The molecule has 2 aliphatic rings. The van der Waals surface area contributed by atoms with Crippen molar-refractivity contribution in [3.8, 4) is 5.75 Å². The predicted molar refractivity (Wildman–Crippen MR) is 155 cm³/mol. The molecule has 11 heteroatoms. The number of halogens is 4. The highest BCUT2D eigenvalue weighted by Gasteiger charge is 2.43. The fraction of sp³-hybridized carbons (Fsp3) is 0.467. The minimum Gasteiger partial charge on any atom is -0.482 e. The van der Waals surface area contributed by atoms with Gasteiger partial charge in [-0.25, -0.2) is 0 Å². The van der Waals surface area contributed by atoms with E-state index < -0.39 is 41.8 Å². The van der Waals surface area contributed by atoms with Crippen molar-refractivity contribution in [2.45, 2.75) is 75.4 Å². The molecule has 3 N–H and O–H groups in total. The van der Waals surface area contributed by atoms with E-state index in [2.05, 4.69) is 27.9 Å². The minimum atomic E-state index is -4.54. The van der Waals surface area contributed by atoms with Crippen LogP contribution < -0.4 is 10.1 Å². The zero-order chi connectivity index (χ0) is 29.6. The highest BCUT2D eigenvalue weighted by molar-refractivity contribution is 14.1. The Hall–Kier alpha value is -2.64. The zero-order valence-corrected chi connectivity index (χ0v) is 24.6. The molecule has 0 spiro atoms. The van der Waals surface area contributed by atoms with E-state index in [9.17, 15) is 33.0 Å². The van der Waals surface area contributed by atoms with Crippen molar-refractivity contribution in [2.75, 3.05) is 13.2 Å². The molecule has 2 amide bonds. The smallest absolute Gasteiger partial charge is 0.416 e. The van der Waals surface area contributed by atoms with E-state index in [1.54, 1.807) is 23.1 Å². The molecule has 0 radical (unpaired) electrons. The molecule has 3 atom stereocenters. The number of aliphatic hydroxyl groups is 2. The maximum absolute atomic E-state index is 14.1. The molecular formula is C30H34F3IN2O5. The predicted octanol–water partition coefficient (Wildman–Crippen LogP) is 5.09. The van der Waals surface area contributed by atoms with E-state index >= 15 is 0 Å². The normalized spacial score (nSPS) is 21.9. The lowest BCUT2D eigenvalue weighted by atomic mass is 9.86. The summed E-state index contributed by atoms with van der Waals surface area (Å²) in [5, 5.41) is 23.5. The summed E-state index contributed by atoms with van der Waals surface area (Å²) in [7, 11) is 0. The Morgan fingerprint density at radius 3 is 2.29 bits per heavy atom. The average Bonchev–Trinajstić information content (AvgIpc) is 3.24. The Kier molecular flexibility index (Phi) is 10.7. The lowest BCUT2D eigenvalue weighted by Gasteiger charge is -2.44. The summed E-state index contributed by atoms with van der Waals surface area (Å²) in [5.41, 5.74) is -0.488. The second-order valence-corrected chi connectivity index (χ2v) is 11.5. The second-order valence-electron chi connectivity index (χ2n) is 10.4. The van der Waals surface area contributed by atoms with Crippen LogP contribution in [0.3, 0.4) is 0 Å². The lowest BCUT2D eigenvalue weighted by molar-refractivity contribution is -0.137. The van der Waals surface area contributed by atoms with Gasteiger partial charge >= 0.3 is 6.18 Å². The van der Waals surface area contributed by atoms with E-state index in [1.807, 2.05) is 12.1 Å². The molecule has 0 aromatic heterocycles. The van der Waals surface area contributed by atoms with Gasteiger partial charge in [-0.2, -0.15) is 13.2 Å². The maximum Gasteiger partial charge on any atom is 0.416 e. The average molecular weight is 687 g/mol. The van der Waals surface area contributed by atoms with Crippen LogP contribution >= 0.6 is 22.6 Å². The Morgan fingerprint density at radius 2 is 1.68 bits per heavy atom. The number of alkyl halides is 3. The molecule has 0 heterocycles. The van der Waals surface area contributed by atoms with Gasteiger partial charge in [-0.1, -0.05) is 37.8 Å². The van der Waals surface area contributed by atoms with Crippen molar-refractivity contribution < 1.29 is 37.7 Å². The van der Waals surface area contributed by atoms with Crippen molar-refractivity contribution in [2.24, 2.45) is 0 Å². The van der Waals surface area contributed by atoms with Gasteiger partial charge in [0.25, 0.3) is 5.91 Å². The van der Waals surface area contributed by atoms with Crippen molar-refractivity contribution in [3.63, 3.8) is 0 Å². The van der Waals surface area contributed by atoms with Crippen LogP contribution in [0.5, 0.6) is 5.75 Å². The van der Waals surface area contributed by atoms with E-state index in [-0.39, 0.29) is 31.2 Å². The van der Waals surface area contributed by atoms with Crippen molar-refractivity contribution in [1.82, 2.24) is 10.2 Å². The summed E-state index contributed by atoms with van der Waals surface area (Å²) in [6, 6.07) is 10.2. The molecule has 3 unspecified atom stereocenters. The number of para-hydroxylation sites is 1. The van der Waals surface area contributed by atoms with E-state index in [0.717, 1.165) is 53.5 Å². The highest BCUT2D eigenvalue weighted by Crippen LogP contribution is 2.35. The first-order chi connectivity index (χ1) is 19.6. The Balaban J connectivity index is 1.73. The van der Waals surface area contributed by atoms with Gasteiger partial charge in [0.05, 0.1) is 21.8 Å². The number of hydrogen-bond donors (Lipinski definition) is 3. The van der Waals surface area contributed by atoms with Crippen LogP contribution in [0.2, 0.25) is 0 Å². The van der Waals surface area contributed by atoms with Crippen molar-refractivity contribution in [1.29, 1.82) is 0 Å². The summed E-state index contributed by atoms with van der Waals surface area (Å²) >= 11 is 2.11. The number of benzene rings is 2. The molecule has 1 fully saturated rings. The van der Waals surface area contributed by atoms with Crippen molar-refractivity contribution in [3.05, 3.63) is 74.9 Å². The lowest BCUT2D eigenvalue weighted by Crippen LogP contribution is -2.58. The molecule has 2 aliphatic carbocycles. The number of aliphatic hydroxyl groups excluding tert-OH is 2. The second kappa shape index (κ2) is 14.0. The molecule has 0 bridgehead atoms. The number of amides is 2. The molecule has 41 heavy (non-hydrogen) atoms. The van der Waals surface area contributed by atoms with E-state index in [1.165, 1.54) is 0 Å². The molecule has 0 saturated heterocycles. The zero-order valence-electron chi connectivity index (χ0n) is 22.4. The fourth-order valence-electron chi connectivity index (χ4n) is 5.51. The number of hydrogen-bond acceptors (Lipinski definition) is 5. The monoisotopic (exact) mass is 686 g/mol. The van der Waals surface area contributed by atoms with Crippen LogP contribution in [0.1, 0.15) is 60.9 Å². The molecule has 1 saturated carbocycles. The summed E-state index contributed by atoms with van der Waals surface area (Å²) < 4.78 is 46.6. The molecule has 2 aromatic rings. The molecule has 2 aromatic carbocycles. The van der Waals surface area contributed by atoms with Gasteiger partial charge in [0, 0.05) is 30.1 Å². The number of ether oxygens (including phenoxy) is 1. The van der Waals surface area contributed by atoms with E-state index in [4.69, 9.17) is 4.74 Å². The molecule has 7 nitrogen and oxygen atoms in total.